The molecule has 17 heavy (non-hydrogen) atoms. The van der Waals surface area contributed by atoms with E-state index >= 15 is 0 Å². The first-order chi connectivity index (χ1) is 8.40. The monoisotopic (exact) mass is 228 g/mol. The Labute approximate surface area is 102 Å². The molecule has 0 radical (unpaired) electrons. The van der Waals surface area contributed by atoms with E-state index in [2.05, 4.69) is 16.9 Å². The zero-order chi connectivity index (χ0) is 11.9. The molecule has 2 rings (SSSR count). The molecule has 0 bridgehead atoms. The van der Waals surface area contributed by atoms with E-state index in [-0.39, 0.29) is 0 Å². The highest BCUT2D eigenvalue weighted by Gasteiger charge is 2.01. The average molecular weight is 228 g/mol. The van der Waals surface area contributed by atoms with Gasteiger partial charge in [0.2, 0.25) is 5.88 Å². The topological polar surface area (TPSA) is 35.0 Å². The van der Waals surface area contributed by atoms with Crippen LogP contribution in [0.1, 0.15) is 19.8 Å². The van der Waals surface area contributed by atoms with Gasteiger partial charge in [-0.05, 0) is 6.42 Å². The Kier molecular flexibility index (Phi) is 4.08. The van der Waals surface area contributed by atoms with Gasteiger partial charge in [-0.25, -0.2) is 4.98 Å². The van der Waals surface area contributed by atoms with Gasteiger partial charge in [-0.2, -0.15) is 0 Å². The van der Waals surface area contributed by atoms with Crippen molar-refractivity contribution in [2.75, 3.05) is 6.61 Å². The van der Waals surface area contributed by atoms with Crippen LogP contribution in [0.25, 0.3) is 11.3 Å². The summed E-state index contributed by atoms with van der Waals surface area (Å²) in [7, 11) is 0. The van der Waals surface area contributed by atoms with E-state index in [1.54, 1.807) is 12.4 Å². The van der Waals surface area contributed by atoms with Crippen molar-refractivity contribution in [2.45, 2.75) is 19.8 Å². The molecule has 3 nitrogen and oxygen atoms in total. The molecule has 0 unspecified atom stereocenters. The Balaban J connectivity index is 2.12. The van der Waals surface area contributed by atoms with Crippen LogP contribution in [0, 0.1) is 0 Å². The Hall–Kier alpha value is -1.90. The number of benzene rings is 1. The van der Waals surface area contributed by atoms with Gasteiger partial charge in [0.05, 0.1) is 24.7 Å². The van der Waals surface area contributed by atoms with Crippen molar-refractivity contribution in [1.82, 2.24) is 9.97 Å². The van der Waals surface area contributed by atoms with Crippen LogP contribution < -0.4 is 4.74 Å². The summed E-state index contributed by atoms with van der Waals surface area (Å²) in [6, 6.07) is 9.99. The number of aromatic nitrogens is 2. The lowest BCUT2D eigenvalue weighted by Crippen LogP contribution is -1.99. The van der Waals surface area contributed by atoms with E-state index in [9.17, 15) is 0 Å². The fraction of sp³-hybridized carbons (Fsp3) is 0.286. The third-order valence-electron chi connectivity index (χ3n) is 2.43. The summed E-state index contributed by atoms with van der Waals surface area (Å²) in [5.74, 6) is 0.597. The minimum absolute atomic E-state index is 0.597. The smallest absolute Gasteiger partial charge is 0.232 e. The second kappa shape index (κ2) is 5.99. The van der Waals surface area contributed by atoms with Crippen LogP contribution in [0.15, 0.2) is 42.7 Å². The van der Waals surface area contributed by atoms with Crippen molar-refractivity contribution >= 4 is 0 Å². The molecule has 0 amide bonds. The quantitative estimate of drug-likeness (QED) is 0.736. The average Bonchev–Trinajstić information content (AvgIpc) is 2.41. The van der Waals surface area contributed by atoms with Crippen LogP contribution in [0.4, 0.5) is 0 Å². The first kappa shape index (κ1) is 11.6. The molecule has 0 aliphatic heterocycles. The zero-order valence-electron chi connectivity index (χ0n) is 9.97. The van der Waals surface area contributed by atoms with E-state index in [4.69, 9.17) is 4.74 Å². The molecule has 0 spiro atoms. The Bertz CT molecular complexity index is 457. The summed E-state index contributed by atoms with van der Waals surface area (Å²) in [6.45, 7) is 2.83. The molecule has 1 aromatic carbocycles. The van der Waals surface area contributed by atoms with Crippen molar-refractivity contribution in [3.63, 3.8) is 0 Å². The molecule has 0 atom stereocenters. The molecule has 88 valence electrons. The van der Waals surface area contributed by atoms with Crippen LogP contribution in [0.2, 0.25) is 0 Å². The van der Waals surface area contributed by atoms with E-state index in [1.807, 2.05) is 30.3 Å². The number of hydrogen-bond acceptors (Lipinski definition) is 3. The van der Waals surface area contributed by atoms with E-state index < -0.39 is 0 Å². The molecule has 1 heterocycles. The van der Waals surface area contributed by atoms with E-state index in [0.717, 1.165) is 24.1 Å². The lowest BCUT2D eigenvalue weighted by molar-refractivity contribution is 0.297. The molecule has 0 N–H and O–H groups in total. The summed E-state index contributed by atoms with van der Waals surface area (Å²) in [5, 5.41) is 0. The largest absolute Gasteiger partial charge is 0.477 e. The van der Waals surface area contributed by atoms with Gasteiger partial charge in [-0.1, -0.05) is 43.7 Å². The Morgan fingerprint density at radius 1 is 1.12 bits per heavy atom. The molecule has 0 aliphatic carbocycles. The molecule has 0 aliphatic rings. The molecule has 2 aromatic rings. The highest BCUT2D eigenvalue weighted by Crippen LogP contribution is 2.17. The number of hydrogen-bond donors (Lipinski definition) is 0. The predicted octanol–water partition coefficient (Wildman–Crippen LogP) is 3.32. The van der Waals surface area contributed by atoms with Crippen molar-refractivity contribution in [1.29, 1.82) is 0 Å². The number of unbranched alkanes of at least 4 members (excludes halogenated alkanes) is 1. The maximum atomic E-state index is 5.53. The molecule has 0 saturated heterocycles. The van der Waals surface area contributed by atoms with Crippen LogP contribution in [0.5, 0.6) is 5.88 Å². The summed E-state index contributed by atoms with van der Waals surface area (Å²) in [4.78, 5) is 8.58. The van der Waals surface area contributed by atoms with Gasteiger partial charge in [-0.3, -0.25) is 4.98 Å². The fourth-order valence-electron chi connectivity index (χ4n) is 1.49. The first-order valence-electron chi connectivity index (χ1n) is 5.90. The molecule has 1 aromatic heterocycles. The van der Waals surface area contributed by atoms with E-state index in [0.29, 0.717) is 12.5 Å². The Morgan fingerprint density at radius 2 is 1.94 bits per heavy atom. The molecule has 3 heteroatoms. The molecular formula is C14H16N2O. The van der Waals surface area contributed by atoms with Crippen LogP contribution in [-0.4, -0.2) is 16.6 Å². The van der Waals surface area contributed by atoms with Crippen LogP contribution in [-0.2, 0) is 0 Å². The van der Waals surface area contributed by atoms with Crippen molar-refractivity contribution < 1.29 is 4.74 Å². The highest BCUT2D eigenvalue weighted by atomic mass is 16.5. The van der Waals surface area contributed by atoms with Gasteiger partial charge in [0.15, 0.2) is 0 Å². The number of nitrogens with zero attached hydrogens (tertiary/aromatic N) is 2. The Morgan fingerprint density at radius 3 is 2.71 bits per heavy atom. The third kappa shape index (κ3) is 3.28. The summed E-state index contributed by atoms with van der Waals surface area (Å²) < 4.78 is 5.53. The van der Waals surface area contributed by atoms with Crippen molar-refractivity contribution in [3.8, 4) is 17.1 Å². The highest BCUT2D eigenvalue weighted by molar-refractivity contribution is 5.57. The van der Waals surface area contributed by atoms with Gasteiger partial charge < -0.3 is 4.74 Å². The number of ether oxygens (including phenoxy) is 1. The molecule has 0 fully saturated rings. The molecular weight excluding hydrogens is 212 g/mol. The second-order valence-electron chi connectivity index (χ2n) is 3.81. The van der Waals surface area contributed by atoms with Crippen LogP contribution >= 0.6 is 0 Å². The normalized spacial score (nSPS) is 10.2. The van der Waals surface area contributed by atoms with Gasteiger partial charge in [-0.15, -0.1) is 0 Å². The summed E-state index contributed by atoms with van der Waals surface area (Å²) >= 11 is 0. The SMILES string of the molecule is CCCCOc1cncc(-c2ccccc2)n1. The maximum absolute atomic E-state index is 5.53. The number of rotatable bonds is 5. The predicted molar refractivity (Wildman–Crippen MR) is 67.9 cm³/mol. The van der Waals surface area contributed by atoms with Crippen LogP contribution in [0.3, 0.4) is 0 Å². The van der Waals surface area contributed by atoms with Gasteiger partial charge in [0.25, 0.3) is 0 Å². The standard InChI is InChI=1S/C14H16N2O/c1-2-3-9-17-14-11-15-10-13(16-14)12-7-5-4-6-8-12/h4-8,10-11H,2-3,9H2,1H3. The van der Waals surface area contributed by atoms with Gasteiger partial charge in [0.1, 0.15) is 0 Å². The first-order valence-corrected chi connectivity index (χ1v) is 5.90. The van der Waals surface area contributed by atoms with Gasteiger partial charge in [0, 0.05) is 5.56 Å². The summed E-state index contributed by atoms with van der Waals surface area (Å²) in [6.07, 6.45) is 5.56. The van der Waals surface area contributed by atoms with Crippen molar-refractivity contribution in [3.05, 3.63) is 42.7 Å². The maximum Gasteiger partial charge on any atom is 0.232 e. The summed E-state index contributed by atoms with van der Waals surface area (Å²) in [5.41, 5.74) is 1.90. The lowest BCUT2D eigenvalue weighted by atomic mass is 10.2. The van der Waals surface area contributed by atoms with E-state index in [1.165, 1.54) is 0 Å². The minimum atomic E-state index is 0.597. The second-order valence-corrected chi connectivity index (χ2v) is 3.81. The lowest BCUT2D eigenvalue weighted by Gasteiger charge is -2.05. The minimum Gasteiger partial charge on any atom is -0.477 e. The third-order valence-corrected chi connectivity index (χ3v) is 2.43. The van der Waals surface area contributed by atoms with Crippen molar-refractivity contribution in [2.24, 2.45) is 0 Å². The zero-order valence-corrected chi connectivity index (χ0v) is 9.97. The fourth-order valence-corrected chi connectivity index (χ4v) is 1.49. The molecule has 0 saturated carbocycles. The van der Waals surface area contributed by atoms with Gasteiger partial charge >= 0.3 is 0 Å².